The maximum absolute atomic E-state index is 8.42. The second kappa shape index (κ2) is 4.83. The van der Waals surface area contributed by atoms with Crippen molar-refractivity contribution in [2.75, 3.05) is 0 Å². The summed E-state index contributed by atoms with van der Waals surface area (Å²) >= 11 is 11.1. The van der Waals surface area contributed by atoms with E-state index >= 15 is 0 Å². The third-order valence-corrected chi connectivity index (χ3v) is 2.10. The third kappa shape index (κ3) is 2.37. The Kier molecular flexibility index (Phi) is 3.73. The van der Waals surface area contributed by atoms with E-state index in [0.717, 1.165) is 0 Å². The van der Waals surface area contributed by atoms with Crippen molar-refractivity contribution in [3.63, 3.8) is 0 Å². The molecule has 2 N–H and O–H groups in total. The molecule has 0 radical (unpaired) electrons. The van der Waals surface area contributed by atoms with Crippen LogP contribution in [0, 0.1) is 0 Å². The summed E-state index contributed by atoms with van der Waals surface area (Å²) in [4.78, 5) is 0. The Morgan fingerprint density at radius 1 is 1.00 bits per heavy atom. The van der Waals surface area contributed by atoms with Crippen LogP contribution in [0.4, 0.5) is 0 Å². The van der Waals surface area contributed by atoms with Gasteiger partial charge in [-0.15, -0.1) is 0 Å². The molecule has 0 atom stereocenters. The van der Waals surface area contributed by atoms with Crippen LogP contribution in [0.25, 0.3) is 0 Å². The first-order chi connectivity index (χ1) is 6.69. The number of benzene rings is 1. The maximum Gasteiger partial charge on any atom is 0.175 e. The number of oxime groups is 2. The van der Waals surface area contributed by atoms with Crippen molar-refractivity contribution in [3.05, 3.63) is 35.4 Å². The fraction of sp³-hybridized carbons (Fsp3) is 0. The number of hydrogen-bond donors (Lipinski definition) is 2. The van der Waals surface area contributed by atoms with Crippen LogP contribution >= 0.6 is 23.2 Å². The van der Waals surface area contributed by atoms with Crippen LogP contribution in [0.3, 0.4) is 0 Å². The summed E-state index contributed by atoms with van der Waals surface area (Å²) in [5, 5.41) is 22.4. The molecule has 0 saturated carbocycles. The molecule has 0 aliphatic rings. The van der Waals surface area contributed by atoms with Gasteiger partial charge in [0.25, 0.3) is 0 Å². The third-order valence-electron chi connectivity index (χ3n) is 1.51. The van der Waals surface area contributed by atoms with Crippen molar-refractivity contribution < 1.29 is 10.4 Å². The SMILES string of the molecule is O/N=C(\Cl)c1cccc(/C(Cl)=N/O)c1. The Hall–Kier alpha value is -1.26. The van der Waals surface area contributed by atoms with E-state index in [9.17, 15) is 0 Å². The molecule has 0 saturated heterocycles. The summed E-state index contributed by atoms with van der Waals surface area (Å²) in [5.41, 5.74) is 0.960. The lowest BCUT2D eigenvalue weighted by atomic mass is 10.1. The lowest BCUT2D eigenvalue weighted by Crippen LogP contribution is -1.96. The van der Waals surface area contributed by atoms with Crippen molar-refractivity contribution in [1.29, 1.82) is 0 Å². The largest absolute Gasteiger partial charge is 0.410 e. The van der Waals surface area contributed by atoms with Crippen LogP contribution in [0.2, 0.25) is 0 Å². The fourth-order valence-electron chi connectivity index (χ4n) is 0.891. The average Bonchev–Trinajstić information content (AvgIpc) is 2.27. The van der Waals surface area contributed by atoms with E-state index in [4.69, 9.17) is 33.6 Å². The molecule has 0 amide bonds. The molecule has 74 valence electrons. The second-order valence-corrected chi connectivity index (χ2v) is 3.08. The molecule has 0 bridgehead atoms. The fourth-order valence-corrected chi connectivity index (χ4v) is 1.13. The molecule has 1 aromatic rings. The van der Waals surface area contributed by atoms with Gasteiger partial charge in [0.2, 0.25) is 0 Å². The van der Waals surface area contributed by atoms with Gasteiger partial charge in [-0.25, -0.2) is 0 Å². The summed E-state index contributed by atoms with van der Waals surface area (Å²) in [5.74, 6) is 0. The van der Waals surface area contributed by atoms with Crippen molar-refractivity contribution in [3.8, 4) is 0 Å². The van der Waals surface area contributed by atoms with Crippen molar-refractivity contribution in [2.24, 2.45) is 10.3 Å². The molecular formula is C8H6Cl2N2O2. The minimum atomic E-state index is -0.0609. The maximum atomic E-state index is 8.42. The summed E-state index contributed by atoms with van der Waals surface area (Å²) in [6.45, 7) is 0. The Balaban J connectivity index is 3.14. The standard InChI is InChI=1S/C8H6Cl2N2O2/c9-7(11-13)5-2-1-3-6(4-5)8(10)12-14/h1-4,13-14H/b11-7-,12-8-. The van der Waals surface area contributed by atoms with Gasteiger partial charge in [0.15, 0.2) is 10.3 Å². The van der Waals surface area contributed by atoms with Crippen LogP contribution in [0.1, 0.15) is 11.1 Å². The first kappa shape index (κ1) is 10.8. The van der Waals surface area contributed by atoms with Gasteiger partial charge in [0.05, 0.1) is 0 Å². The minimum Gasteiger partial charge on any atom is -0.410 e. The van der Waals surface area contributed by atoms with E-state index in [1.807, 2.05) is 0 Å². The predicted molar refractivity (Wildman–Crippen MR) is 54.8 cm³/mol. The Labute approximate surface area is 90.1 Å². The van der Waals surface area contributed by atoms with E-state index in [0.29, 0.717) is 11.1 Å². The van der Waals surface area contributed by atoms with Crippen molar-refractivity contribution >= 4 is 33.5 Å². The van der Waals surface area contributed by atoms with Gasteiger partial charge in [-0.05, 0) is 6.07 Å². The van der Waals surface area contributed by atoms with E-state index in [1.54, 1.807) is 18.2 Å². The second-order valence-electron chi connectivity index (χ2n) is 2.36. The van der Waals surface area contributed by atoms with Crippen LogP contribution in [-0.4, -0.2) is 20.8 Å². The van der Waals surface area contributed by atoms with Gasteiger partial charge in [0, 0.05) is 11.1 Å². The Morgan fingerprint density at radius 3 is 1.79 bits per heavy atom. The van der Waals surface area contributed by atoms with Gasteiger partial charge in [0.1, 0.15) is 0 Å². The highest BCUT2D eigenvalue weighted by atomic mass is 35.5. The van der Waals surface area contributed by atoms with Gasteiger partial charge < -0.3 is 10.4 Å². The predicted octanol–water partition coefficient (Wildman–Crippen LogP) is 2.44. The molecule has 0 spiro atoms. The molecule has 1 rings (SSSR count). The number of nitrogens with zero attached hydrogens (tertiary/aromatic N) is 2. The summed E-state index contributed by atoms with van der Waals surface area (Å²) in [6.07, 6.45) is 0. The Morgan fingerprint density at radius 2 is 1.43 bits per heavy atom. The first-order valence-electron chi connectivity index (χ1n) is 3.55. The van der Waals surface area contributed by atoms with Crippen LogP contribution < -0.4 is 0 Å². The van der Waals surface area contributed by atoms with Gasteiger partial charge in [-0.3, -0.25) is 0 Å². The smallest absolute Gasteiger partial charge is 0.175 e. The zero-order chi connectivity index (χ0) is 10.6. The molecule has 1 aromatic carbocycles. The quantitative estimate of drug-likeness (QED) is 0.468. The topological polar surface area (TPSA) is 65.2 Å². The number of halogens is 2. The van der Waals surface area contributed by atoms with Gasteiger partial charge in [-0.1, -0.05) is 51.7 Å². The molecule has 0 aliphatic heterocycles. The number of rotatable bonds is 2. The van der Waals surface area contributed by atoms with Crippen LogP contribution in [0.15, 0.2) is 34.6 Å². The molecule has 14 heavy (non-hydrogen) atoms. The summed E-state index contributed by atoms with van der Waals surface area (Å²) in [7, 11) is 0. The highest BCUT2D eigenvalue weighted by Crippen LogP contribution is 2.11. The highest BCUT2D eigenvalue weighted by molar-refractivity contribution is 6.70. The molecule has 0 aliphatic carbocycles. The van der Waals surface area contributed by atoms with E-state index in [2.05, 4.69) is 10.3 Å². The van der Waals surface area contributed by atoms with Crippen LogP contribution in [0.5, 0.6) is 0 Å². The summed E-state index contributed by atoms with van der Waals surface area (Å²) < 4.78 is 0. The lowest BCUT2D eigenvalue weighted by Gasteiger charge is -1.99. The highest BCUT2D eigenvalue weighted by Gasteiger charge is 2.04. The van der Waals surface area contributed by atoms with E-state index < -0.39 is 0 Å². The van der Waals surface area contributed by atoms with Crippen molar-refractivity contribution in [1.82, 2.24) is 0 Å². The lowest BCUT2D eigenvalue weighted by molar-refractivity contribution is 0.321. The molecular weight excluding hydrogens is 227 g/mol. The zero-order valence-corrected chi connectivity index (χ0v) is 8.37. The van der Waals surface area contributed by atoms with E-state index in [1.165, 1.54) is 6.07 Å². The molecule has 6 heteroatoms. The van der Waals surface area contributed by atoms with Crippen LogP contribution in [-0.2, 0) is 0 Å². The molecule has 0 heterocycles. The molecule has 4 nitrogen and oxygen atoms in total. The summed E-state index contributed by atoms with van der Waals surface area (Å²) in [6, 6.07) is 6.44. The Bertz CT molecular complexity index is 357. The molecule has 0 unspecified atom stereocenters. The molecule has 0 fully saturated rings. The minimum absolute atomic E-state index is 0.0609. The van der Waals surface area contributed by atoms with E-state index in [-0.39, 0.29) is 10.3 Å². The zero-order valence-electron chi connectivity index (χ0n) is 6.85. The normalized spacial score (nSPS) is 13.0. The molecule has 0 aromatic heterocycles. The average molecular weight is 233 g/mol. The number of hydrogen-bond acceptors (Lipinski definition) is 4. The van der Waals surface area contributed by atoms with Gasteiger partial charge in [-0.2, -0.15) is 0 Å². The monoisotopic (exact) mass is 232 g/mol. The van der Waals surface area contributed by atoms with Crippen molar-refractivity contribution in [2.45, 2.75) is 0 Å². The first-order valence-corrected chi connectivity index (χ1v) is 4.30. The van der Waals surface area contributed by atoms with Gasteiger partial charge >= 0.3 is 0 Å².